The number of ether oxygens (including phenoxy) is 1. The van der Waals surface area contributed by atoms with E-state index in [9.17, 15) is 4.79 Å². The number of methoxy groups -OCH3 is 1. The fraction of sp³-hybridized carbons (Fsp3) is 0.286. The molecule has 0 saturated carbocycles. The third-order valence-corrected chi connectivity index (χ3v) is 2.75. The van der Waals surface area contributed by atoms with E-state index in [1.165, 1.54) is 30.4 Å². The lowest BCUT2D eigenvalue weighted by molar-refractivity contribution is 0.0606. The standard InChI is InChI=1S/C7H9NO2S2/c1-10-7(9)6-2-5(3-11-6)4-12-8/h2-3H,4,8H2,1H3. The van der Waals surface area contributed by atoms with Crippen LogP contribution in [0.3, 0.4) is 0 Å². The van der Waals surface area contributed by atoms with E-state index < -0.39 is 0 Å². The minimum Gasteiger partial charge on any atom is -0.465 e. The van der Waals surface area contributed by atoms with Crippen LogP contribution in [0.5, 0.6) is 0 Å². The van der Waals surface area contributed by atoms with Gasteiger partial charge in [-0.15, -0.1) is 11.3 Å². The highest BCUT2D eigenvalue weighted by molar-refractivity contribution is 7.96. The summed E-state index contributed by atoms with van der Waals surface area (Å²) in [5.74, 6) is 0.446. The first-order valence-electron chi connectivity index (χ1n) is 3.25. The van der Waals surface area contributed by atoms with E-state index in [4.69, 9.17) is 5.14 Å². The van der Waals surface area contributed by atoms with Crippen LogP contribution in [0.15, 0.2) is 11.4 Å². The first-order chi connectivity index (χ1) is 5.77. The van der Waals surface area contributed by atoms with Gasteiger partial charge in [-0.05, 0) is 17.0 Å². The van der Waals surface area contributed by atoms with Crippen molar-refractivity contribution in [2.24, 2.45) is 5.14 Å². The van der Waals surface area contributed by atoms with Crippen molar-refractivity contribution in [1.82, 2.24) is 0 Å². The molecule has 5 heteroatoms. The van der Waals surface area contributed by atoms with Crippen LogP contribution in [0.25, 0.3) is 0 Å². The molecular weight excluding hydrogens is 194 g/mol. The Hall–Kier alpha value is -0.520. The van der Waals surface area contributed by atoms with Crippen LogP contribution in [0.1, 0.15) is 15.2 Å². The van der Waals surface area contributed by atoms with E-state index >= 15 is 0 Å². The predicted molar refractivity (Wildman–Crippen MR) is 51.1 cm³/mol. The molecule has 0 radical (unpaired) electrons. The topological polar surface area (TPSA) is 52.3 Å². The molecule has 0 aliphatic carbocycles. The molecular formula is C7H9NO2S2. The van der Waals surface area contributed by atoms with Crippen molar-refractivity contribution in [2.75, 3.05) is 7.11 Å². The van der Waals surface area contributed by atoms with E-state index in [-0.39, 0.29) is 5.97 Å². The maximum Gasteiger partial charge on any atom is 0.348 e. The molecule has 0 atom stereocenters. The van der Waals surface area contributed by atoms with Crippen molar-refractivity contribution in [1.29, 1.82) is 0 Å². The van der Waals surface area contributed by atoms with Crippen LogP contribution in [0, 0.1) is 0 Å². The molecule has 2 N–H and O–H groups in total. The second-order valence-corrected chi connectivity index (χ2v) is 3.66. The first kappa shape index (κ1) is 9.57. The van der Waals surface area contributed by atoms with Gasteiger partial charge in [0.2, 0.25) is 0 Å². The Labute approximate surface area is 79.0 Å². The summed E-state index contributed by atoms with van der Waals surface area (Å²) in [5.41, 5.74) is 1.06. The average molecular weight is 203 g/mol. The first-order valence-corrected chi connectivity index (χ1v) is 5.18. The Morgan fingerprint density at radius 3 is 3.17 bits per heavy atom. The Kier molecular flexibility index (Phi) is 3.58. The third kappa shape index (κ3) is 2.23. The lowest BCUT2D eigenvalue weighted by Crippen LogP contribution is -1.97. The highest BCUT2D eigenvalue weighted by Gasteiger charge is 2.07. The van der Waals surface area contributed by atoms with Crippen LogP contribution >= 0.6 is 23.3 Å². The molecule has 0 unspecified atom stereocenters. The number of hydrogen-bond donors (Lipinski definition) is 1. The molecule has 12 heavy (non-hydrogen) atoms. The van der Waals surface area contributed by atoms with Crippen LogP contribution in [-0.2, 0) is 10.5 Å². The summed E-state index contributed by atoms with van der Waals surface area (Å²) < 4.78 is 4.56. The quantitative estimate of drug-likeness (QED) is 0.599. The minimum absolute atomic E-state index is 0.284. The van der Waals surface area contributed by atoms with E-state index in [0.29, 0.717) is 4.88 Å². The smallest absolute Gasteiger partial charge is 0.348 e. The molecule has 0 bridgehead atoms. The summed E-state index contributed by atoms with van der Waals surface area (Å²) in [5, 5.41) is 7.19. The maximum absolute atomic E-state index is 11.0. The molecule has 66 valence electrons. The van der Waals surface area contributed by atoms with Gasteiger partial charge in [-0.2, -0.15) is 0 Å². The van der Waals surface area contributed by atoms with Crippen molar-refractivity contribution in [3.05, 3.63) is 21.9 Å². The summed E-state index contributed by atoms with van der Waals surface area (Å²) in [4.78, 5) is 11.6. The Bertz CT molecular complexity index is 272. The molecule has 0 aromatic carbocycles. The van der Waals surface area contributed by atoms with Gasteiger partial charge in [0.05, 0.1) is 7.11 Å². The fourth-order valence-electron chi connectivity index (χ4n) is 0.755. The highest BCUT2D eigenvalue weighted by Crippen LogP contribution is 2.18. The SMILES string of the molecule is COC(=O)c1cc(CSN)cs1. The van der Waals surface area contributed by atoms with Gasteiger partial charge in [-0.25, -0.2) is 4.79 Å². The number of thiophene rings is 1. The number of carbonyl (C=O) groups excluding carboxylic acids is 1. The summed E-state index contributed by atoms with van der Waals surface area (Å²) in [6, 6.07) is 1.80. The Balaban J connectivity index is 2.70. The molecule has 1 aromatic heterocycles. The number of nitrogens with two attached hydrogens (primary N) is 1. The number of rotatable bonds is 3. The van der Waals surface area contributed by atoms with Crippen molar-refractivity contribution >= 4 is 29.3 Å². The number of esters is 1. The molecule has 0 spiro atoms. The highest BCUT2D eigenvalue weighted by atomic mass is 32.2. The molecule has 1 rings (SSSR count). The van der Waals surface area contributed by atoms with E-state index in [0.717, 1.165) is 11.3 Å². The van der Waals surface area contributed by atoms with Gasteiger partial charge in [0.15, 0.2) is 0 Å². The molecule has 0 amide bonds. The zero-order valence-electron chi connectivity index (χ0n) is 6.57. The molecule has 0 aliphatic heterocycles. The predicted octanol–water partition coefficient (Wildman–Crippen LogP) is 1.64. The minimum atomic E-state index is -0.284. The van der Waals surface area contributed by atoms with Crippen LogP contribution in [-0.4, -0.2) is 13.1 Å². The molecule has 3 nitrogen and oxygen atoms in total. The van der Waals surface area contributed by atoms with Gasteiger partial charge in [0.25, 0.3) is 0 Å². The van der Waals surface area contributed by atoms with E-state index in [1.54, 1.807) is 6.07 Å². The summed E-state index contributed by atoms with van der Waals surface area (Å²) >= 11 is 2.62. The largest absolute Gasteiger partial charge is 0.465 e. The summed E-state index contributed by atoms with van der Waals surface area (Å²) in [7, 11) is 1.37. The Morgan fingerprint density at radius 2 is 2.58 bits per heavy atom. The van der Waals surface area contributed by atoms with Crippen molar-refractivity contribution in [3.63, 3.8) is 0 Å². The van der Waals surface area contributed by atoms with Crippen LogP contribution in [0.4, 0.5) is 0 Å². The van der Waals surface area contributed by atoms with Crippen molar-refractivity contribution < 1.29 is 9.53 Å². The van der Waals surface area contributed by atoms with Crippen molar-refractivity contribution in [2.45, 2.75) is 5.75 Å². The van der Waals surface area contributed by atoms with Gasteiger partial charge in [0, 0.05) is 5.75 Å². The zero-order chi connectivity index (χ0) is 8.97. The van der Waals surface area contributed by atoms with Gasteiger partial charge in [-0.1, -0.05) is 11.9 Å². The fourth-order valence-corrected chi connectivity index (χ4v) is 2.05. The Morgan fingerprint density at radius 1 is 1.83 bits per heavy atom. The summed E-state index contributed by atoms with van der Waals surface area (Å²) in [6.45, 7) is 0. The lowest BCUT2D eigenvalue weighted by atomic mass is 10.3. The maximum atomic E-state index is 11.0. The van der Waals surface area contributed by atoms with Crippen LogP contribution < -0.4 is 5.14 Å². The molecule has 0 saturated heterocycles. The summed E-state index contributed by atoms with van der Waals surface area (Å²) in [6.07, 6.45) is 0. The van der Waals surface area contributed by atoms with Crippen molar-refractivity contribution in [3.8, 4) is 0 Å². The second kappa shape index (κ2) is 4.49. The molecule has 1 aromatic rings. The van der Waals surface area contributed by atoms with Gasteiger partial charge in [-0.3, -0.25) is 5.14 Å². The van der Waals surface area contributed by atoms with E-state index in [1.807, 2.05) is 5.38 Å². The lowest BCUT2D eigenvalue weighted by Gasteiger charge is -1.91. The molecule has 0 aliphatic rings. The van der Waals surface area contributed by atoms with Gasteiger partial charge < -0.3 is 4.74 Å². The normalized spacial score (nSPS) is 9.83. The van der Waals surface area contributed by atoms with Gasteiger partial charge >= 0.3 is 5.97 Å². The van der Waals surface area contributed by atoms with E-state index in [2.05, 4.69) is 4.74 Å². The second-order valence-electron chi connectivity index (χ2n) is 2.12. The zero-order valence-corrected chi connectivity index (χ0v) is 8.21. The molecule has 1 heterocycles. The third-order valence-electron chi connectivity index (χ3n) is 1.29. The average Bonchev–Trinajstić information content (AvgIpc) is 2.52. The monoisotopic (exact) mass is 203 g/mol. The van der Waals surface area contributed by atoms with Crippen LogP contribution in [0.2, 0.25) is 0 Å². The number of hydrogen-bond acceptors (Lipinski definition) is 5. The van der Waals surface area contributed by atoms with Gasteiger partial charge in [0.1, 0.15) is 4.88 Å². The number of carbonyl (C=O) groups is 1. The molecule has 0 fully saturated rings.